The third-order valence-corrected chi connectivity index (χ3v) is 2.91. The molecule has 1 nitrogen and oxygen atoms in total. The van der Waals surface area contributed by atoms with Crippen LogP contribution in [-0.4, -0.2) is 7.11 Å². The van der Waals surface area contributed by atoms with Gasteiger partial charge in [0.15, 0.2) is 0 Å². The van der Waals surface area contributed by atoms with Gasteiger partial charge >= 0.3 is 0 Å². The number of para-hydroxylation sites is 1. The Hall–Kier alpha value is -1.76. The molecule has 0 amide bonds. The van der Waals surface area contributed by atoms with Gasteiger partial charge in [0.05, 0.1) is 7.11 Å². The van der Waals surface area contributed by atoms with Gasteiger partial charge in [0.2, 0.25) is 0 Å². The average molecular weight is 212 g/mol. The molecule has 0 bridgehead atoms. The summed E-state index contributed by atoms with van der Waals surface area (Å²) >= 11 is 0. The third kappa shape index (κ3) is 2.08. The lowest BCUT2D eigenvalue weighted by molar-refractivity contribution is 0.408. The van der Waals surface area contributed by atoms with Gasteiger partial charge < -0.3 is 4.74 Å². The maximum absolute atomic E-state index is 5.39. The topological polar surface area (TPSA) is 9.23 Å². The second-order valence-electron chi connectivity index (χ2n) is 3.87. The maximum Gasteiger partial charge on any atom is 0.122 e. The predicted octanol–water partition coefficient (Wildman–Crippen LogP) is 3.85. The van der Waals surface area contributed by atoms with E-state index in [2.05, 4.69) is 43.3 Å². The second-order valence-corrected chi connectivity index (χ2v) is 3.87. The van der Waals surface area contributed by atoms with E-state index in [9.17, 15) is 0 Å². The van der Waals surface area contributed by atoms with Crippen LogP contribution in [0.15, 0.2) is 54.6 Å². The third-order valence-electron chi connectivity index (χ3n) is 2.91. The Bertz CT molecular complexity index is 448. The van der Waals surface area contributed by atoms with Crippen LogP contribution in [0.5, 0.6) is 5.75 Å². The van der Waals surface area contributed by atoms with Gasteiger partial charge in [0.1, 0.15) is 5.75 Å². The van der Waals surface area contributed by atoms with Crippen LogP contribution in [0.2, 0.25) is 0 Å². The molecule has 1 atom stereocenters. The van der Waals surface area contributed by atoms with E-state index < -0.39 is 0 Å². The summed E-state index contributed by atoms with van der Waals surface area (Å²) < 4.78 is 5.39. The highest BCUT2D eigenvalue weighted by atomic mass is 16.5. The monoisotopic (exact) mass is 212 g/mol. The number of methoxy groups -OCH3 is 1. The van der Waals surface area contributed by atoms with Crippen molar-refractivity contribution in [2.45, 2.75) is 12.8 Å². The van der Waals surface area contributed by atoms with Gasteiger partial charge in [-0.15, -0.1) is 0 Å². The molecule has 16 heavy (non-hydrogen) atoms. The molecule has 0 aliphatic heterocycles. The summed E-state index contributed by atoms with van der Waals surface area (Å²) in [5.41, 5.74) is 2.54. The highest BCUT2D eigenvalue weighted by molar-refractivity contribution is 5.41. The molecule has 82 valence electrons. The molecule has 0 aromatic heterocycles. The molecule has 0 aliphatic rings. The van der Waals surface area contributed by atoms with Gasteiger partial charge in [-0.05, 0) is 11.6 Å². The largest absolute Gasteiger partial charge is 0.496 e. The average Bonchev–Trinajstić information content (AvgIpc) is 2.39. The minimum Gasteiger partial charge on any atom is -0.496 e. The Morgan fingerprint density at radius 3 is 2.19 bits per heavy atom. The summed E-state index contributed by atoms with van der Waals surface area (Å²) in [6, 6.07) is 18.7. The molecule has 0 saturated carbocycles. The van der Waals surface area contributed by atoms with Crippen molar-refractivity contribution in [3.63, 3.8) is 0 Å². The van der Waals surface area contributed by atoms with Crippen LogP contribution in [0.1, 0.15) is 24.0 Å². The van der Waals surface area contributed by atoms with Crippen molar-refractivity contribution in [1.29, 1.82) is 0 Å². The van der Waals surface area contributed by atoms with Crippen molar-refractivity contribution >= 4 is 0 Å². The van der Waals surface area contributed by atoms with Crippen molar-refractivity contribution < 1.29 is 4.74 Å². The summed E-state index contributed by atoms with van der Waals surface area (Å²) in [6.45, 7) is 2.20. The molecule has 0 spiro atoms. The molecule has 1 heteroatoms. The lowest BCUT2D eigenvalue weighted by Gasteiger charge is -2.15. The Morgan fingerprint density at radius 1 is 0.875 bits per heavy atom. The fourth-order valence-electron chi connectivity index (χ4n) is 1.95. The second kappa shape index (κ2) is 4.84. The number of ether oxygens (including phenoxy) is 1. The lowest BCUT2D eigenvalue weighted by atomic mass is 9.92. The van der Waals surface area contributed by atoms with Crippen LogP contribution >= 0.6 is 0 Å². The minimum atomic E-state index is 0.359. The number of benzene rings is 2. The predicted molar refractivity (Wildman–Crippen MR) is 67.0 cm³/mol. The van der Waals surface area contributed by atoms with Crippen LogP contribution < -0.4 is 4.74 Å². The molecule has 0 unspecified atom stereocenters. The first kappa shape index (κ1) is 10.7. The van der Waals surface area contributed by atoms with Gasteiger partial charge in [-0.25, -0.2) is 0 Å². The molecule has 0 heterocycles. The standard InChI is InChI=1S/C15H16O/c1-12(13-8-4-3-5-9-13)14-10-6-7-11-15(14)16-2/h3-12H,1-2H3/t12-/m0/s1. The lowest BCUT2D eigenvalue weighted by Crippen LogP contribution is -1.98. The Balaban J connectivity index is 2.37. The fourth-order valence-corrected chi connectivity index (χ4v) is 1.95. The molecule has 2 aromatic rings. The highest BCUT2D eigenvalue weighted by Gasteiger charge is 2.11. The zero-order chi connectivity index (χ0) is 11.4. The van der Waals surface area contributed by atoms with Crippen molar-refractivity contribution in [2.24, 2.45) is 0 Å². The number of hydrogen-bond acceptors (Lipinski definition) is 1. The van der Waals surface area contributed by atoms with E-state index in [4.69, 9.17) is 4.74 Å². The van der Waals surface area contributed by atoms with E-state index >= 15 is 0 Å². The van der Waals surface area contributed by atoms with Crippen LogP contribution in [0.4, 0.5) is 0 Å². The molecule has 0 aliphatic carbocycles. The van der Waals surface area contributed by atoms with Gasteiger partial charge in [0, 0.05) is 11.5 Å². The van der Waals surface area contributed by atoms with Gasteiger partial charge in [0.25, 0.3) is 0 Å². The quantitative estimate of drug-likeness (QED) is 0.751. The summed E-state index contributed by atoms with van der Waals surface area (Å²) in [6.07, 6.45) is 0. The van der Waals surface area contributed by atoms with Crippen molar-refractivity contribution in [2.75, 3.05) is 7.11 Å². The maximum atomic E-state index is 5.39. The minimum absolute atomic E-state index is 0.359. The molecular weight excluding hydrogens is 196 g/mol. The summed E-state index contributed by atoms with van der Waals surface area (Å²) in [5, 5.41) is 0. The van der Waals surface area contributed by atoms with Crippen LogP contribution in [0.25, 0.3) is 0 Å². The molecule has 0 radical (unpaired) electrons. The van der Waals surface area contributed by atoms with Gasteiger partial charge in [-0.1, -0.05) is 55.5 Å². The fraction of sp³-hybridized carbons (Fsp3) is 0.200. The van der Waals surface area contributed by atoms with E-state index in [1.807, 2.05) is 18.2 Å². The molecule has 2 aromatic carbocycles. The van der Waals surface area contributed by atoms with Crippen molar-refractivity contribution in [3.8, 4) is 5.75 Å². The first-order valence-electron chi connectivity index (χ1n) is 5.51. The van der Waals surface area contributed by atoms with E-state index in [0.29, 0.717) is 5.92 Å². The highest BCUT2D eigenvalue weighted by Crippen LogP contribution is 2.30. The van der Waals surface area contributed by atoms with Crippen LogP contribution in [0, 0.1) is 0 Å². The molecule has 0 saturated heterocycles. The SMILES string of the molecule is COc1ccccc1[C@@H](C)c1ccccc1. The molecular formula is C15H16O. The summed E-state index contributed by atoms with van der Waals surface area (Å²) in [4.78, 5) is 0. The van der Waals surface area contributed by atoms with Crippen LogP contribution in [-0.2, 0) is 0 Å². The number of rotatable bonds is 3. The zero-order valence-electron chi connectivity index (χ0n) is 9.68. The number of hydrogen-bond donors (Lipinski definition) is 0. The zero-order valence-corrected chi connectivity index (χ0v) is 9.68. The summed E-state index contributed by atoms with van der Waals surface area (Å²) in [5.74, 6) is 1.32. The Labute approximate surface area is 96.7 Å². The normalized spacial score (nSPS) is 12.1. The smallest absolute Gasteiger partial charge is 0.122 e. The van der Waals surface area contributed by atoms with Gasteiger partial charge in [-0.3, -0.25) is 0 Å². The Morgan fingerprint density at radius 2 is 1.50 bits per heavy atom. The molecule has 0 fully saturated rings. The van der Waals surface area contributed by atoms with E-state index in [1.54, 1.807) is 7.11 Å². The Kier molecular flexibility index (Phi) is 3.25. The summed E-state index contributed by atoms with van der Waals surface area (Å²) in [7, 11) is 1.72. The van der Waals surface area contributed by atoms with E-state index in [1.165, 1.54) is 11.1 Å². The van der Waals surface area contributed by atoms with Crippen molar-refractivity contribution in [1.82, 2.24) is 0 Å². The van der Waals surface area contributed by atoms with Crippen LogP contribution in [0.3, 0.4) is 0 Å². The van der Waals surface area contributed by atoms with E-state index in [-0.39, 0.29) is 0 Å². The van der Waals surface area contributed by atoms with Crippen molar-refractivity contribution in [3.05, 3.63) is 65.7 Å². The first-order valence-corrected chi connectivity index (χ1v) is 5.51. The molecule has 2 rings (SSSR count). The first-order chi connectivity index (χ1) is 7.83. The molecule has 0 N–H and O–H groups in total. The van der Waals surface area contributed by atoms with E-state index in [0.717, 1.165) is 5.75 Å². The van der Waals surface area contributed by atoms with Gasteiger partial charge in [-0.2, -0.15) is 0 Å².